The number of thiophene rings is 1. The molecule has 0 spiro atoms. The molecule has 4 N–H and O–H groups in total. The summed E-state index contributed by atoms with van der Waals surface area (Å²) < 4.78 is 21.2. The topological polar surface area (TPSA) is 89.3 Å². The van der Waals surface area contributed by atoms with E-state index in [1.54, 1.807) is 0 Å². The van der Waals surface area contributed by atoms with E-state index in [1.807, 2.05) is 37.3 Å². The summed E-state index contributed by atoms with van der Waals surface area (Å²) in [5, 5.41) is 7.04. The standard InChI is InChI=1S/C23H25FN4O2S/c1-13-2-5-17-19(25)20(31-22(17)27-13)21(29)28-16-10-14-3-4-15(11-18(14)30-12-16)23(24)6-8-26-9-7-23/h2-5,11,16,26H,6-10,12,25H2,1H3,(H,28,29)/t16-/m1/s1. The van der Waals surface area contributed by atoms with E-state index in [9.17, 15) is 4.79 Å². The Hall–Kier alpha value is -2.71. The lowest BCUT2D eigenvalue weighted by molar-refractivity contribution is 0.0920. The number of hydrogen-bond acceptors (Lipinski definition) is 6. The monoisotopic (exact) mass is 440 g/mol. The van der Waals surface area contributed by atoms with Crippen LogP contribution in [-0.4, -0.2) is 36.6 Å². The summed E-state index contributed by atoms with van der Waals surface area (Å²) in [7, 11) is 0. The minimum absolute atomic E-state index is 0.177. The molecule has 3 aromatic rings. The Labute approximate surface area is 184 Å². The van der Waals surface area contributed by atoms with Crippen molar-refractivity contribution in [2.75, 3.05) is 25.4 Å². The number of ether oxygens (including phenoxy) is 1. The van der Waals surface area contributed by atoms with Crippen LogP contribution in [0.2, 0.25) is 0 Å². The van der Waals surface area contributed by atoms with Gasteiger partial charge >= 0.3 is 0 Å². The van der Waals surface area contributed by atoms with Gasteiger partial charge in [-0.1, -0.05) is 12.1 Å². The average Bonchev–Trinajstić information content (AvgIpc) is 3.09. The SMILES string of the molecule is Cc1ccc2c(N)c(C(=O)N[C@H]3COc4cc(C5(F)CCNCC5)ccc4C3)sc2n1. The molecular formula is C23H25FN4O2S. The molecule has 2 aromatic heterocycles. The fourth-order valence-corrected chi connectivity index (χ4v) is 5.41. The minimum Gasteiger partial charge on any atom is -0.491 e. The first kappa shape index (κ1) is 20.2. The largest absolute Gasteiger partial charge is 0.491 e. The lowest BCUT2D eigenvalue weighted by atomic mass is 9.85. The number of piperidine rings is 1. The smallest absolute Gasteiger partial charge is 0.263 e. The molecule has 2 aliphatic rings. The highest BCUT2D eigenvalue weighted by Gasteiger charge is 2.35. The van der Waals surface area contributed by atoms with E-state index in [4.69, 9.17) is 10.5 Å². The normalized spacial score (nSPS) is 20.1. The first-order valence-electron chi connectivity index (χ1n) is 10.6. The molecule has 0 bridgehead atoms. The predicted molar refractivity (Wildman–Crippen MR) is 121 cm³/mol. The van der Waals surface area contributed by atoms with Gasteiger partial charge in [-0.25, -0.2) is 9.37 Å². The van der Waals surface area contributed by atoms with Crippen LogP contribution in [0.25, 0.3) is 10.2 Å². The number of nitrogens with one attached hydrogen (secondary N) is 2. The van der Waals surface area contributed by atoms with E-state index >= 15 is 4.39 Å². The van der Waals surface area contributed by atoms with Gasteiger partial charge in [0.15, 0.2) is 0 Å². The van der Waals surface area contributed by atoms with Crippen molar-refractivity contribution in [2.24, 2.45) is 0 Å². The molecule has 1 aromatic carbocycles. The van der Waals surface area contributed by atoms with Gasteiger partial charge < -0.3 is 21.1 Å². The van der Waals surface area contributed by atoms with Crippen LogP contribution < -0.4 is 21.1 Å². The lowest BCUT2D eigenvalue weighted by Gasteiger charge is -2.32. The molecule has 6 nitrogen and oxygen atoms in total. The average molecular weight is 441 g/mol. The number of nitrogens with two attached hydrogens (primary N) is 1. The number of aryl methyl sites for hydroxylation is 1. The number of rotatable bonds is 3. The second-order valence-electron chi connectivity index (χ2n) is 8.37. The molecule has 31 heavy (non-hydrogen) atoms. The Balaban J connectivity index is 1.31. The Morgan fingerprint density at radius 3 is 2.94 bits per heavy atom. The molecule has 162 valence electrons. The number of pyridine rings is 1. The fraction of sp³-hybridized carbons (Fsp3) is 0.391. The molecule has 0 aliphatic carbocycles. The summed E-state index contributed by atoms with van der Waals surface area (Å²) in [6.07, 6.45) is 1.56. The molecule has 0 saturated carbocycles. The van der Waals surface area contributed by atoms with Crippen LogP contribution in [0, 0.1) is 6.92 Å². The van der Waals surface area contributed by atoms with Crippen LogP contribution in [0.4, 0.5) is 10.1 Å². The maximum absolute atomic E-state index is 15.3. The van der Waals surface area contributed by atoms with Crippen LogP contribution in [0.15, 0.2) is 30.3 Å². The van der Waals surface area contributed by atoms with Crippen LogP contribution in [-0.2, 0) is 12.1 Å². The van der Waals surface area contributed by atoms with Crippen molar-refractivity contribution in [3.05, 3.63) is 52.0 Å². The van der Waals surface area contributed by atoms with E-state index in [2.05, 4.69) is 15.6 Å². The number of carbonyl (C=O) groups is 1. The van der Waals surface area contributed by atoms with Crippen molar-refractivity contribution in [2.45, 2.75) is 37.9 Å². The number of nitrogens with zero attached hydrogens (tertiary/aromatic N) is 1. The summed E-state index contributed by atoms with van der Waals surface area (Å²) in [5.74, 6) is 0.490. The van der Waals surface area contributed by atoms with Crippen molar-refractivity contribution in [3.8, 4) is 5.75 Å². The molecule has 1 fully saturated rings. The Morgan fingerprint density at radius 1 is 1.32 bits per heavy atom. The van der Waals surface area contributed by atoms with Crippen LogP contribution in [0.5, 0.6) is 5.75 Å². The number of halogens is 1. The minimum atomic E-state index is -1.31. The Kier molecular flexibility index (Phi) is 5.06. The fourth-order valence-electron chi connectivity index (χ4n) is 4.36. The van der Waals surface area contributed by atoms with Gasteiger partial charge in [-0.05, 0) is 68.6 Å². The predicted octanol–water partition coefficient (Wildman–Crippen LogP) is 3.47. The quantitative estimate of drug-likeness (QED) is 0.580. The second kappa shape index (κ2) is 7.76. The van der Waals surface area contributed by atoms with E-state index in [-0.39, 0.29) is 11.9 Å². The van der Waals surface area contributed by atoms with Crippen molar-refractivity contribution < 1.29 is 13.9 Å². The number of alkyl halides is 1. The number of aromatic nitrogens is 1. The Morgan fingerprint density at radius 2 is 2.13 bits per heavy atom. The highest BCUT2D eigenvalue weighted by molar-refractivity contribution is 7.21. The maximum Gasteiger partial charge on any atom is 0.263 e. The summed E-state index contributed by atoms with van der Waals surface area (Å²) in [4.78, 5) is 18.6. The third kappa shape index (κ3) is 3.74. The van der Waals surface area contributed by atoms with Gasteiger partial charge in [-0.3, -0.25) is 4.79 Å². The number of nitrogen functional groups attached to an aromatic ring is 1. The van der Waals surface area contributed by atoms with Gasteiger partial charge in [0.25, 0.3) is 5.91 Å². The molecule has 1 atom stereocenters. The van der Waals surface area contributed by atoms with Crippen molar-refractivity contribution in [1.29, 1.82) is 0 Å². The summed E-state index contributed by atoms with van der Waals surface area (Å²) in [6.45, 7) is 3.61. The van der Waals surface area contributed by atoms with E-state index < -0.39 is 5.67 Å². The summed E-state index contributed by atoms with van der Waals surface area (Å²) in [5.41, 5.74) is 7.90. The first-order chi connectivity index (χ1) is 14.9. The van der Waals surface area contributed by atoms with Crippen LogP contribution in [0.3, 0.4) is 0 Å². The molecule has 0 unspecified atom stereocenters. The van der Waals surface area contributed by atoms with Gasteiger partial charge in [0, 0.05) is 11.1 Å². The molecular weight excluding hydrogens is 415 g/mol. The van der Waals surface area contributed by atoms with E-state index in [0.29, 0.717) is 60.8 Å². The summed E-state index contributed by atoms with van der Waals surface area (Å²) in [6, 6.07) is 9.22. The molecule has 2 aliphatic heterocycles. The molecule has 4 heterocycles. The van der Waals surface area contributed by atoms with Crippen LogP contribution in [0.1, 0.15) is 39.3 Å². The van der Waals surface area contributed by atoms with Crippen LogP contribution >= 0.6 is 11.3 Å². The first-order valence-corrected chi connectivity index (χ1v) is 11.4. The van der Waals surface area contributed by atoms with Gasteiger partial charge in [-0.15, -0.1) is 11.3 Å². The van der Waals surface area contributed by atoms with E-state index in [0.717, 1.165) is 21.5 Å². The number of amides is 1. The van der Waals surface area contributed by atoms with Crippen molar-refractivity contribution >= 4 is 33.1 Å². The Bertz CT molecular complexity index is 1160. The van der Waals surface area contributed by atoms with Crippen molar-refractivity contribution in [1.82, 2.24) is 15.6 Å². The number of hydrogen-bond donors (Lipinski definition) is 3. The zero-order valence-electron chi connectivity index (χ0n) is 17.3. The molecule has 5 rings (SSSR count). The zero-order valence-corrected chi connectivity index (χ0v) is 18.2. The van der Waals surface area contributed by atoms with E-state index in [1.165, 1.54) is 11.3 Å². The molecule has 0 radical (unpaired) electrons. The number of benzene rings is 1. The second-order valence-corrected chi connectivity index (χ2v) is 9.37. The number of fused-ring (bicyclic) bond motifs is 2. The number of carbonyl (C=O) groups excluding carboxylic acids is 1. The highest BCUT2D eigenvalue weighted by atomic mass is 32.1. The third-order valence-electron chi connectivity index (χ3n) is 6.16. The highest BCUT2D eigenvalue weighted by Crippen LogP contribution is 2.38. The molecule has 1 amide bonds. The van der Waals surface area contributed by atoms with Gasteiger partial charge in [0.2, 0.25) is 0 Å². The van der Waals surface area contributed by atoms with Gasteiger partial charge in [0.1, 0.15) is 27.7 Å². The van der Waals surface area contributed by atoms with Crippen molar-refractivity contribution in [3.63, 3.8) is 0 Å². The van der Waals surface area contributed by atoms with Gasteiger partial charge in [-0.2, -0.15) is 0 Å². The third-order valence-corrected chi connectivity index (χ3v) is 7.28. The summed E-state index contributed by atoms with van der Waals surface area (Å²) >= 11 is 1.30. The maximum atomic E-state index is 15.3. The number of anilines is 1. The molecule has 1 saturated heterocycles. The zero-order chi connectivity index (χ0) is 21.6. The van der Waals surface area contributed by atoms with Gasteiger partial charge in [0.05, 0.1) is 11.7 Å². The molecule has 8 heteroatoms. The lowest BCUT2D eigenvalue weighted by Crippen LogP contribution is -2.42.